The molecule has 1 aromatic carbocycles. The zero-order valence-corrected chi connectivity index (χ0v) is 6.19. The summed E-state index contributed by atoms with van der Waals surface area (Å²) in [6.07, 6.45) is 0.148. The fraction of sp³-hybridized carbons (Fsp3) is 0. The number of hydrogen-bond donors (Lipinski definition) is 0. The monoisotopic (exact) mass is 184 g/mol. The van der Waals surface area contributed by atoms with Crippen LogP contribution in [0.4, 0.5) is 10.1 Å². The van der Waals surface area contributed by atoms with Crippen molar-refractivity contribution in [2.45, 2.75) is 0 Å². The molecule has 6 heteroatoms. The van der Waals surface area contributed by atoms with Crippen LogP contribution < -0.4 is 5.11 Å². The number of nitrogens with zero attached hydrogens (tertiary/aromatic N) is 1. The van der Waals surface area contributed by atoms with Gasteiger partial charge in [0, 0.05) is 11.6 Å². The Kier molecular flexibility index (Phi) is 2.23. The van der Waals surface area contributed by atoms with Crippen molar-refractivity contribution in [3.63, 3.8) is 0 Å². The lowest BCUT2D eigenvalue weighted by atomic mass is 10.2. The highest BCUT2D eigenvalue weighted by atomic mass is 19.1. The topological polar surface area (TPSA) is 83.3 Å². The Bertz CT molecular complexity index is 377. The van der Waals surface area contributed by atoms with Crippen LogP contribution in [0.15, 0.2) is 12.1 Å². The van der Waals surface area contributed by atoms with Gasteiger partial charge in [-0.2, -0.15) is 4.39 Å². The highest BCUT2D eigenvalue weighted by molar-refractivity contribution is 5.80. The van der Waals surface area contributed by atoms with Gasteiger partial charge in [-0.1, -0.05) is 5.75 Å². The quantitative estimate of drug-likeness (QED) is 0.383. The van der Waals surface area contributed by atoms with E-state index in [1.54, 1.807) is 0 Å². The van der Waals surface area contributed by atoms with E-state index < -0.39 is 27.7 Å². The van der Waals surface area contributed by atoms with Crippen molar-refractivity contribution in [3.8, 4) is 5.75 Å². The molecule has 0 bridgehead atoms. The van der Waals surface area contributed by atoms with Gasteiger partial charge < -0.3 is 5.11 Å². The lowest BCUT2D eigenvalue weighted by Gasteiger charge is -2.07. The number of nitro benzene ring substituents is 1. The van der Waals surface area contributed by atoms with Crippen LogP contribution >= 0.6 is 0 Å². The Morgan fingerprint density at radius 1 is 1.46 bits per heavy atom. The summed E-state index contributed by atoms with van der Waals surface area (Å²) in [5.41, 5.74) is -1.30. The largest absolute Gasteiger partial charge is 0.872 e. The van der Waals surface area contributed by atoms with Crippen molar-refractivity contribution in [1.82, 2.24) is 0 Å². The molecule has 0 N–H and O–H groups in total. The number of rotatable bonds is 2. The van der Waals surface area contributed by atoms with Crippen molar-refractivity contribution in [3.05, 3.63) is 33.6 Å². The Hall–Kier alpha value is -1.98. The van der Waals surface area contributed by atoms with Gasteiger partial charge in [-0.25, -0.2) is 0 Å². The summed E-state index contributed by atoms with van der Waals surface area (Å²) < 4.78 is 12.7. The first kappa shape index (κ1) is 9.11. The van der Waals surface area contributed by atoms with Gasteiger partial charge >= 0.3 is 5.69 Å². The first-order valence-corrected chi connectivity index (χ1v) is 3.16. The second-order valence-corrected chi connectivity index (χ2v) is 2.22. The van der Waals surface area contributed by atoms with E-state index in [1.165, 1.54) is 0 Å². The average Bonchev–Trinajstić information content (AvgIpc) is 2.03. The molecule has 0 unspecified atom stereocenters. The number of halogens is 1. The molecule has 0 amide bonds. The average molecular weight is 184 g/mol. The third-order valence-electron chi connectivity index (χ3n) is 1.40. The van der Waals surface area contributed by atoms with Gasteiger partial charge in [0.25, 0.3) is 0 Å². The maximum Gasteiger partial charge on any atom is 0.305 e. The van der Waals surface area contributed by atoms with E-state index in [9.17, 15) is 24.4 Å². The SMILES string of the molecule is O=Cc1cc([N+](=O)[O-])c(F)cc1[O-]. The van der Waals surface area contributed by atoms with Crippen LogP contribution in [0.2, 0.25) is 0 Å². The van der Waals surface area contributed by atoms with Gasteiger partial charge in [0.2, 0.25) is 0 Å². The van der Waals surface area contributed by atoms with Crippen LogP contribution in [0.3, 0.4) is 0 Å². The molecular formula is C7H3FNO4-. The minimum atomic E-state index is -1.24. The molecule has 13 heavy (non-hydrogen) atoms. The van der Waals surface area contributed by atoms with Gasteiger partial charge in [0.1, 0.15) is 6.29 Å². The first-order chi connectivity index (χ1) is 6.06. The van der Waals surface area contributed by atoms with E-state index in [1.807, 2.05) is 0 Å². The molecule has 0 aliphatic heterocycles. The minimum absolute atomic E-state index is 0.148. The van der Waals surface area contributed by atoms with Crippen molar-refractivity contribution in [1.29, 1.82) is 0 Å². The summed E-state index contributed by atoms with van der Waals surface area (Å²) in [4.78, 5) is 19.3. The van der Waals surface area contributed by atoms with Crippen LogP contribution in [0, 0.1) is 15.9 Å². The van der Waals surface area contributed by atoms with Crippen molar-refractivity contribution in [2.75, 3.05) is 0 Å². The summed E-state index contributed by atoms with van der Waals surface area (Å²) in [5.74, 6) is -2.10. The highest BCUT2D eigenvalue weighted by Crippen LogP contribution is 2.23. The lowest BCUT2D eigenvalue weighted by molar-refractivity contribution is -0.387. The molecule has 0 saturated carbocycles. The molecule has 0 spiro atoms. The normalized spacial score (nSPS) is 9.62. The Morgan fingerprint density at radius 3 is 2.54 bits per heavy atom. The van der Waals surface area contributed by atoms with Gasteiger partial charge in [0.15, 0.2) is 5.82 Å². The third kappa shape index (κ3) is 1.61. The first-order valence-electron chi connectivity index (χ1n) is 3.16. The third-order valence-corrected chi connectivity index (χ3v) is 1.40. The van der Waals surface area contributed by atoms with Crippen molar-refractivity contribution in [2.24, 2.45) is 0 Å². The fourth-order valence-electron chi connectivity index (χ4n) is 0.792. The number of carbonyl (C=O) groups excluding carboxylic acids is 1. The molecular weight excluding hydrogens is 181 g/mol. The van der Waals surface area contributed by atoms with E-state index in [0.29, 0.717) is 12.1 Å². The molecule has 0 aliphatic rings. The van der Waals surface area contributed by atoms with Crippen LogP contribution in [0.1, 0.15) is 10.4 Å². The van der Waals surface area contributed by atoms with Crippen LogP contribution in [-0.4, -0.2) is 11.2 Å². The molecule has 1 rings (SSSR count). The number of carbonyl (C=O) groups is 1. The van der Waals surface area contributed by atoms with E-state index in [0.717, 1.165) is 0 Å². The second-order valence-electron chi connectivity index (χ2n) is 2.22. The van der Waals surface area contributed by atoms with Gasteiger partial charge in [-0.05, 0) is 6.07 Å². The molecule has 0 radical (unpaired) electrons. The summed E-state index contributed by atoms with van der Waals surface area (Å²) >= 11 is 0. The molecule has 0 aliphatic carbocycles. The summed E-state index contributed by atoms with van der Waals surface area (Å²) in [5, 5.41) is 20.9. The Morgan fingerprint density at radius 2 is 2.08 bits per heavy atom. The standard InChI is InChI=1S/C7H4FNO4/c8-5-2-7(11)4(3-10)1-6(5)9(12)13/h1-3,11H/p-1. The molecule has 1 aromatic rings. The molecule has 0 fully saturated rings. The van der Waals surface area contributed by atoms with Crippen LogP contribution in [0.25, 0.3) is 0 Å². The number of hydrogen-bond acceptors (Lipinski definition) is 4. The van der Waals surface area contributed by atoms with Gasteiger partial charge in [0.05, 0.1) is 4.92 Å². The van der Waals surface area contributed by atoms with Crippen molar-refractivity contribution >= 4 is 12.0 Å². The number of aldehydes is 1. The van der Waals surface area contributed by atoms with Crippen molar-refractivity contribution < 1.29 is 19.2 Å². The van der Waals surface area contributed by atoms with Gasteiger partial charge in [-0.3, -0.25) is 14.9 Å². The van der Waals surface area contributed by atoms with Gasteiger partial charge in [-0.15, -0.1) is 0 Å². The zero-order valence-electron chi connectivity index (χ0n) is 6.19. The second kappa shape index (κ2) is 3.18. The van der Waals surface area contributed by atoms with E-state index in [4.69, 9.17) is 0 Å². The summed E-state index contributed by atoms with van der Waals surface area (Å²) in [7, 11) is 0. The van der Waals surface area contributed by atoms with Crippen LogP contribution in [0.5, 0.6) is 5.75 Å². The maximum atomic E-state index is 12.7. The summed E-state index contributed by atoms with van der Waals surface area (Å²) in [6.45, 7) is 0. The zero-order chi connectivity index (χ0) is 10.0. The predicted octanol–water partition coefficient (Wildman–Crippen LogP) is 0.620. The van der Waals surface area contributed by atoms with E-state index in [2.05, 4.69) is 0 Å². The number of nitro groups is 1. The van der Waals surface area contributed by atoms with E-state index >= 15 is 0 Å². The molecule has 68 valence electrons. The number of benzene rings is 1. The molecule has 0 heterocycles. The molecule has 0 atom stereocenters. The smallest absolute Gasteiger partial charge is 0.305 e. The predicted molar refractivity (Wildman–Crippen MR) is 37.9 cm³/mol. The Balaban J connectivity index is 3.38. The molecule has 0 saturated heterocycles. The summed E-state index contributed by atoms with van der Waals surface area (Å²) in [6, 6.07) is 1.03. The molecule has 0 aromatic heterocycles. The lowest BCUT2D eigenvalue weighted by Crippen LogP contribution is -2.00. The maximum absolute atomic E-state index is 12.7. The molecule has 5 nitrogen and oxygen atoms in total. The van der Waals surface area contributed by atoms with E-state index in [-0.39, 0.29) is 6.29 Å². The Labute approximate surface area is 71.6 Å². The highest BCUT2D eigenvalue weighted by Gasteiger charge is 2.14. The van der Waals surface area contributed by atoms with Crippen LogP contribution in [-0.2, 0) is 0 Å². The minimum Gasteiger partial charge on any atom is -0.872 e. The fourth-order valence-corrected chi connectivity index (χ4v) is 0.792.